The standard InChI is InChI=1S/C15H26B4/c1-13(2)7-8(14(3,4)15(13,5)6)10(17)12(19)11(18)9(7)16/h16-19H2,1-6H3. The molecule has 0 bridgehead atoms. The van der Waals surface area contributed by atoms with Crippen molar-refractivity contribution in [2.24, 2.45) is 5.41 Å². The molecule has 0 saturated carbocycles. The molecule has 0 saturated heterocycles. The Bertz CT molecular complexity index is 519. The molecule has 0 radical (unpaired) electrons. The number of benzene rings is 1. The third-order valence-corrected chi connectivity index (χ3v) is 7.06. The zero-order valence-corrected chi connectivity index (χ0v) is 14.5. The van der Waals surface area contributed by atoms with E-state index < -0.39 is 0 Å². The lowest BCUT2D eigenvalue weighted by Crippen LogP contribution is -2.52. The molecule has 0 heterocycles. The smallest absolute Gasteiger partial charge is 0.102 e. The van der Waals surface area contributed by atoms with Gasteiger partial charge in [0.2, 0.25) is 0 Å². The van der Waals surface area contributed by atoms with E-state index >= 15 is 0 Å². The van der Waals surface area contributed by atoms with Crippen LogP contribution in [0.15, 0.2) is 0 Å². The zero-order valence-electron chi connectivity index (χ0n) is 14.5. The van der Waals surface area contributed by atoms with Crippen LogP contribution in [0.4, 0.5) is 0 Å². The first kappa shape index (κ1) is 14.9. The Labute approximate surface area is 122 Å². The van der Waals surface area contributed by atoms with Crippen LogP contribution in [0.3, 0.4) is 0 Å². The summed E-state index contributed by atoms with van der Waals surface area (Å²) >= 11 is 0. The second-order valence-electron chi connectivity index (χ2n) is 8.12. The van der Waals surface area contributed by atoms with E-state index in [2.05, 4.69) is 72.9 Å². The molecule has 0 aromatic heterocycles. The van der Waals surface area contributed by atoms with Gasteiger partial charge in [0.1, 0.15) is 31.4 Å². The predicted octanol–water partition coefficient (Wildman–Crippen LogP) is -2.68. The minimum absolute atomic E-state index is 0.221. The molecule has 1 aliphatic rings. The van der Waals surface area contributed by atoms with Crippen molar-refractivity contribution >= 4 is 53.2 Å². The third kappa shape index (κ3) is 1.46. The molecule has 0 N–H and O–H groups in total. The number of rotatable bonds is 0. The molecular formula is C15H26B4. The van der Waals surface area contributed by atoms with Crippen molar-refractivity contribution in [3.8, 4) is 0 Å². The summed E-state index contributed by atoms with van der Waals surface area (Å²) < 4.78 is 0. The fraction of sp³-hybridized carbons (Fsp3) is 0.600. The monoisotopic (exact) mass is 250 g/mol. The van der Waals surface area contributed by atoms with Gasteiger partial charge in [-0.05, 0) is 27.4 Å². The predicted molar refractivity (Wildman–Crippen MR) is 99.0 cm³/mol. The maximum atomic E-state index is 2.44. The fourth-order valence-corrected chi connectivity index (χ4v) is 4.28. The van der Waals surface area contributed by atoms with Crippen LogP contribution in [0, 0.1) is 5.41 Å². The summed E-state index contributed by atoms with van der Waals surface area (Å²) in [5.41, 5.74) is 9.93. The molecule has 1 aromatic carbocycles. The number of hydrogen-bond acceptors (Lipinski definition) is 0. The Kier molecular flexibility index (Phi) is 2.95. The average Bonchev–Trinajstić information content (AvgIpc) is 2.39. The van der Waals surface area contributed by atoms with Gasteiger partial charge in [-0.25, -0.2) is 0 Å². The lowest BCUT2D eigenvalue weighted by Gasteiger charge is -2.45. The van der Waals surface area contributed by atoms with Crippen molar-refractivity contribution in [2.75, 3.05) is 0 Å². The van der Waals surface area contributed by atoms with E-state index in [1.165, 1.54) is 21.9 Å². The number of fused-ring (bicyclic) bond motifs is 1. The summed E-state index contributed by atoms with van der Waals surface area (Å²) in [6, 6.07) is 0. The van der Waals surface area contributed by atoms with Gasteiger partial charge in [0, 0.05) is 0 Å². The van der Waals surface area contributed by atoms with Crippen LogP contribution in [0.1, 0.15) is 52.7 Å². The molecule has 0 spiro atoms. The van der Waals surface area contributed by atoms with Crippen LogP contribution in [-0.4, -0.2) is 31.4 Å². The van der Waals surface area contributed by atoms with E-state index in [1.54, 1.807) is 11.1 Å². The molecule has 2 rings (SSSR count). The summed E-state index contributed by atoms with van der Waals surface area (Å²) in [6.07, 6.45) is 0. The highest BCUT2D eigenvalue weighted by atomic mass is 14.6. The van der Waals surface area contributed by atoms with Gasteiger partial charge in [-0.1, -0.05) is 52.5 Å². The first-order valence-corrected chi connectivity index (χ1v) is 7.50. The molecule has 0 amide bonds. The molecule has 1 aliphatic carbocycles. The van der Waals surface area contributed by atoms with Gasteiger partial charge in [-0.15, -0.1) is 10.9 Å². The summed E-state index contributed by atoms with van der Waals surface area (Å²) in [5, 5.41) is 0. The minimum Gasteiger partial charge on any atom is -0.102 e. The SMILES string of the molecule is Bc1c(B)c(B)c2c(c1B)C(C)(C)C(C)(C)C2(C)C. The Morgan fingerprint density at radius 3 is 1.05 bits per heavy atom. The van der Waals surface area contributed by atoms with Crippen LogP contribution >= 0.6 is 0 Å². The van der Waals surface area contributed by atoms with Gasteiger partial charge < -0.3 is 0 Å². The summed E-state index contributed by atoms with van der Waals surface area (Å²) in [7, 11) is 9.21. The fourth-order valence-electron chi connectivity index (χ4n) is 4.28. The van der Waals surface area contributed by atoms with Gasteiger partial charge in [-0.2, -0.15) is 0 Å². The molecule has 19 heavy (non-hydrogen) atoms. The molecule has 0 fully saturated rings. The molecule has 0 aliphatic heterocycles. The van der Waals surface area contributed by atoms with Crippen LogP contribution in [0.5, 0.6) is 0 Å². The third-order valence-electron chi connectivity index (χ3n) is 7.06. The largest absolute Gasteiger partial charge is 0.138 e. The van der Waals surface area contributed by atoms with E-state index in [0.717, 1.165) is 0 Å². The second-order valence-corrected chi connectivity index (χ2v) is 8.12. The van der Waals surface area contributed by atoms with Crippen molar-refractivity contribution in [1.82, 2.24) is 0 Å². The molecule has 0 atom stereocenters. The van der Waals surface area contributed by atoms with Crippen LogP contribution < -0.4 is 21.9 Å². The topological polar surface area (TPSA) is 0 Å². The van der Waals surface area contributed by atoms with Gasteiger partial charge in [0.15, 0.2) is 0 Å². The summed E-state index contributed by atoms with van der Waals surface area (Å²) in [6.45, 7) is 14.6. The zero-order chi connectivity index (χ0) is 15.0. The Morgan fingerprint density at radius 2 is 0.789 bits per heavy atom. The van der Waals surface area contributed by atoms with Crippen molar-refractivity contribution in [3.63, 3.8) is 0 Å². The Morgan fingerprint density at radius 1 is 0.526 bits per heavy atom. The van der Waals surface area contributed by atoms with E-state index in [-0.39, 0.29) is 16.2 Å². The van der Waals surface area contributed by atoms with E-state index in [9.17, 15) is 0 Å². The lowest BCUT2D eigenvalue weighted by molar-refractivity contribution is 0.125. The molecule has 0 nitrogen and oxygen atoms in total. The first-order valence-electron chi connectivity index (χ1n) is 7.50. The van der Waals surface area contributed by atoms with Crippen molar-refractivity contribution in [1.29, 1.82) is 0 Å². The molecular weight excluding hydrogens is 223 g/mol. The highest BCUT2D eigenvalue weighted by Crippen LogP contribution is 2.59. The average molecular weight is 250 g/mol. The van der Waals surface area contributed by atoms with Crippen LogP contribution in [-0.2, 0) is 10.8 Å². The van der Waals surface area contributed by atoms with Gasteiger partial charge >= 0.3 is 0 Å². The van der Waals surface area contributed by atoms with Gasteiger partial charge in [0.05, 0.1) is 0 Å². The van der Waals surface area contributed by atoms with E-state index in [4.69, 9.17) is 0 Å². The molecule has 1 aromatic rings. The number of hydrogen-bond donors (Lipinski definition) is 0. The van der Waals surface area contributed by atoms with E-state index in [1.807, 2.05) is 0 Å². The molecule has 98 valence electrons. The van der Waals surface area contributed by atoms with Crippen molar-refractivity contribution in [3.05, 3.63) is 11.1 Å². The summed E-state index contributed by atoms with van der Waals surface area (Å²) in [5.74, 6) is 0. The lowest BCUT2D eigenvalue weighted by atomic mass is 9.58. The minimum atomic E-state index is 0.221. The maximum Gasteiger partial charge on any atom is 0.138 e. The van der Waals surface area contributed by atoms with Gasteiger partial charge in [0.25, 0.3) is 0 Å². The van der Waals surface area contributed by atoms with Gasteiger partial charge in [-0.3, -0.25) is 0 Å². The Hall–Kier alpha value is -0.520. The summed E-state index contributed by atoms with van der Waals surface area (Å²) in [4.78, 5) is 0. The van der Waals surface area contributed by atoms with E-state index in [0.29, 0.717) is 0 Å². The van der Waals surface area contributed by atoms with Crippen LogP contribution in [0.2, 0.25) is 0 Å². The van der Waals surface area contributed by atoms with Crippen LogP contribution in [0.25, 0.3) is 0 Å². The first-order chi connectivity index (χ1) is 8.39. The molecule has 4 heteroatoms. The second kappa shape index (κ2) is 3.77. The maximum absolute atomic E-state index is 2.44. The highest BCUT2D eigenvalue weighted by molar-refractivity contribution is 6.63. The molecule has 0 unspecified atom stereocenters. The normalized spacial score (nSPS) is 22.2. The Balaban J connectivity index is 3.02. The quantitative estimate of drug-likeness (QED) is 0.440. The highest BCUT2D eigenvalue weighted by Gasteiger charge is 2.57. The van der Waals surface area contributed by atoms with Crippen molar-refractivity contribution in [2.45, 2.75) is 52.4 Å². The van der Waals surface area contributed by atoms with Crippen molar-refractivity contribution < 1.29 is 0 Å².